The van der Waals surface area contributed by atoms with Crippen molar-refractivity contribution >= 4 is 45.9 Å². The van der Waals surface area contributed by atoms with Crippen LogP contribution in [0.15, 0.2) is 18.3 Å². The van der Waals surface area contributed by atoms with Gasteiger partial charge in [0, 0.05) is 29.8 Å². The molecule has 3 rings (SSSR count). The average Bonchev–Trinajstić information content (AvgIpc) is 2.73. The fraction of sp³-hybridized carbons (Fsp3) is 0.350. The van der Waals surface area contributed by atoms with Crippen molar-refractivity contribution in [3.63, 3.8) is 0 Å². The molecule has 162 valence electrons. The van der Waals surface area contributed by atoms with Crippen molar-refractivity contribution in [3.05, 3.63) is 28.4 Å². The van der Waals surface area contributed by atoms with E-state index in [0.717, 1.165) is 0 Å². The van der Waals surface area contributed by atoms with Gasteiger partial charge < -0.3 is 25.6 Å². The van der Waals surface area contributed by atoms with Crippen molar-refractivity contribution in [1.82, 2.24) is 15.0 Å². The van der Waals surface area contributed by atoms with Crippen molar-refractivity contribution in [3.8, 4) is 22.8 Å². The Kier molecular flexibility index (Phi) is 8.71. The second-order valence-electron chi connectivity index (χ2n) is 6.16. The molecule has 10 heteroatoms. The molecule has 4 N–H and O–H groups in total. The lowest BCUT2D eigenvalue weighted by atomic mass is 10.1. The van der Waals surface area contributed by atoms with Crippen LogP contribution in [0.4, 0.5) is 11.8 Å². The molecule has 0 spiro atoms. The summed E-state index contributed by atoms with van der Waals surface area (Å²) in [7, 11) is 2.99. The van der Waals surface area contributed by atoms with Crippen LogP contribution in [0.5, 0.6) is 11.5 Å². The van der Waals surface area contributed by atoms with E-state index in [0.29, 0.717) is 49.5 Å². The number of rotatable bonds is 6. The predicted molar refractivity (Wildman–Crippen MR) is 122 cm³/mol. The van der Waals surface area contributed by atoms with E-state index >= 15 is 0 Å². The fourth-order valence-corrected chi connectivity index (χ4v) is 3.28. The number of halogens is 2. The number of anilines is 2. The third-order valence-electron chi connectivity index (χ3n) is 3.82. The first kappa shape index (κ1) is 23.7. The zero-order chi connectivity index (χ0) is 22.3. The van der Waals surface area contributed by atoms with Crippen LogP contribution in [0.2, 0.25) is 10.0 Å². The van der Waals surface area contributed by atoms with Gasteiger partial charge in [0.05, 0.1) is 36.6 Å². The van der Waals surface area contributed by atoms with Crippen molar-refractivity contribution < 1.29 is 14.6 Å². The molecule has 0 atom stereocenters. The van der Waals surface area contributed by atoms with Gasteiger partial charge in [-0.15, -0.1) is 0 Å². The Balaban J connectivity index is 0.00000101. The van der Waals surface area contributed by atoms with Crippen LogP contribution >= 0.6 is 23.2 Å². The summed E-state index contributed by atoms with van der Waals surface area (Å²) < 4.78 is 10.6. The molecule has 0 aliphatic carbocycles. The Labute approximate surface area is 185 Å². The topological polar surface area (TPSA) is 115 Å². The fourth-order valence-electron chi connectivity index (χ4n) is 2.59. The van der Waals surface area contributed by atoms with E-state index in [9.17, 15) is 0 Å². The van der Waals surface area contributed by atoms with E-state index in [2.05, 4.69) is 34.1 Å². The van der Waals surface area contributed by atoms with Gasteiger partial charge in [-0.3, -0.25) is 0 Å². The first-order valence-corrected chi connectivity index (χ1v) is 10.1. The van der Waals surface area contributed by atoms with E-state index < -0.39 is 0 Å². The van der Waals surface area contributed by atoms with Gasteiger partial charge >= 0.3 is 0 Å². The van der Waals surface area contributed by atoms with Crippen molar-refractivity contribution in [2.75, 3.05) is 38.4 Å². The molecule has 2 aromatic heterocycles. The Hall–Kier alpha value is -2.55. The Morgan fingerprint density at radius 2 is 1.67 bits per heavy atom. The van der Waals surface area contributed by atoms with E-state index in [4.69, 9.17) is 43.5 Å². The second-order valence-corrected chi connectivity index (χ2v) is 6.92. The monoisotopic (exact) mass is 453 g/mol. The standard InChI is InChI=1S/C17H17Cl2N5O3.C3H8/c1-26-10-6-11(27-2)14(19)12(13(10)18)9-5-8-7-22-17(20)24-15(8)16(23-9)21-3-4-25;1-3-2/h5-7,25H,3-4H2,1-2H3,(H,21,23)(H2,20,22,24);3H2,1-2H3. The molecule has 0 aliphatic heterocycles. The highest BCUT2D eigenvalue weighted by Crippen LogP contribution is 2.46. The number of nitrogens with zero attached hydrogens (tertiary/aromatic N) is 3. The largest absolute Gasteiger partial charge is 0.495 e. The van der Waals surface area contributed by atoms with Gasteiger partial charge in [-0.05, 0) is 6.07 Å². The number of benzene rings is 1. The van der Waals surface area contributed by atoms with Gasteiger partial charge in [-0.1, -0.05) is 43.5 Å². The summed E-state index contributed by atoms with van der Waals surface area (Å²) in [5, 5.41) is 13.4. The molecule has 8 nitrogen and oxygen atoms in total. The summed E-state index contributed by atoms with van der Waals surface area (Å²) in [4.78, 5) is 12.8. The number of ether oxygens (including phenoxy) is 2. The van der Waals surface area contributed by atoms with Gasteiger partial charge in [-0.2, -0.15) is 0 Å². The maximum absolute atomic E-state index is 9.14. The highest BCUT2D eigenvalue weighted by Gasteiger charge is 2.21. The van der Waals surface area contributed by atoms with E-state index in [1.165, 1.54) is 20.6 Å². The molecule has 30 heavy (non-hydrogen) atoms. The molecule has 0 amide bonds. The number of nitrogen functional groups attached to an aromatic ring is 1. The summed E-state index contributed by atoms with van der Waals surface area (Å²) in [5.74, 6) is 1.32. The summed E-state index contributed by atoms with van der Waals surface area (Å²) in [6, 6.07) is 3.34. The van der Waals surface area contributed by atoms with Crippen molar-refractivity contribution in [1.29, 1.82) is 0 Å². The number of nitrogens with one attached hydrogen (secondary N) is 1. The molecule has 1 aromatic carbocycles. The Morgan fingerprint density at radius 1 is 1.07 bits per heavy atom. The zero-order valence-corrected chi connectivity index (χ0v) is 18.8. The van der Waals surface area contributed by atoms with Crippen LogP contribution in [0.1, 0.15) is 20.3 Å². The summed E-state index contributed by atoms with van der Waals surface area (Å²) in [6.07, 6.45) is 2.83. The Bertz CT molecular complexity index is 989. The number of fused-ring (bicyclic) bond motifs is 1. The minimum Gasteiger partial charge on any atom is -0.495 e. The first-order chi connectivity index (χ1) is 14.4. The number of aromatic nitrogens is 3. The molecular formula is C20H25Cl2N5O3. The second kappa shape index (κ2) is 11.0. The van der Waals surface area contributed by atoms with Gasteiger partial charge in [0.2, 0.25) is 5.95 Å². The molecule has 3 aromatic rings. The summed E-state index contributed by atoms with van der Waals surface area (Å²) >= 11 is 13.0. The summed E-state index contributed by atoms with van der Waals surface area (Å²) in [6.45, 7) is 4.45. The number of hydrogen-bond acceptors (Lipinski definition) is 8. The molecule has 0 saturated heterocycles. The van der Waals surface area contributed by atoms with Crippen LogP contribution in [0.25, 0.3) is 22.2 Å². The molecule has 0 radical (unpaired) electrons. The number of hydrogen-bond donors (Lipinski definition) is 3. The number of aliphatic hydroxyl groups is 1. The molecule has 0 fully saturated rings. The van der Waals surface area contributed by atoms with Gasteiger partial charge in [0.15, 0.2) is 5.82 Å². The molecular weight excluding hydrogens is 429 g/mol. The normalized spacial score (nSPS) is 10.4. The van der Waals surface area contributed by atoms with Crippen LogP contribution in [0.3, 0.4) is 0 Å². The van der Waals surface area contributed by atoms with Crippen LogP contribution in [-0.4, -0.2) is 47.4 Å². The third-order valence-corrected chi connectivity index (χ3v) is 4.57. The van der Waals surface area contributed by atoms with Gasteiger partial charge in [0.1, 0.15) is 17.0 Å². The van der Waals surface area contributed by atoms with E-state index in [-0.39, 0.29) is 19.1 Å². The molecule has 0 saturated carbocycles. The highest BCUT2D eigenvalue weighted by atomic mass is 35.5. The maximum atomic E-state index is 9.14. The molecule has 2 heterocycles. The zero-order valence-electron chi connectivity index (χ0n) is 17.3. The van der Waals surface area contributed by atoms with E-state index in [1.54, 1.807) is 18.3 Å². The first-order valence-electron chi connectivity index (χ1n) is 9.29. The molecule has 0 aliphatic rings. The third kappa shape index (κ3) is 5.13. The highest BCUT2D eigenvalue weighted by molar-refractivity contribution is 6.41. The average molecular weight is 454 g/mol. The lowest BCUT2D eigenvalue weighted by Gasteiger charge is -2.16. The van der Waals surface area contributed by atoms with Crippen molar-refractivity contribution in [2.45, 2.75) is 20.3 Å². The van der Waals surface area contributed by atoms with Gasteiger partial charge in [-0.25, -0.2) is 15.0 Å². The number of pyridine rings is 1. The maximum Gasteiger partial charge on any atom is 0.220 e. The Morgan fingerprint density at radius 3 is 2.20 bits per heavy atom. The number of methoxy groups -OCH3 is 2. The number of nitrogens with two attached hydrogens (primary N) is 1. The minimum atomic E-state index is -0.0809. The minimum absolute atomic E-state index is 0.0809. The molecule has 0 bridgehead atoms. The lowest BCUT2D eigenvalue weighted by molar-refractivity contribution is 0.311. The smallest absolute Gasteiger partial charge is 0.220 e. The van der Waals surface area contributed by atoms with E-state index in [1.807, 2.05) is 0 Å². The lowest BCUT2D eigenvalue weighted by Crippen LogP contribution is -2.09. The van der Waals surface area contributed by atoms with Crippen LogP contribution < -0.4 is 20.5 Å². The van der Waals surface area contributed by atoms with Crippen LogP contribution in [-0.2, 0) is 0 Å². The number of aliphatic hydroxyl groups excluding tert-OH is 1. The van der Waals surface area contributed by atoms with Crippen LogP contribution in [0, 0.1) is 0 Å². The van der Waals surface area contributed by atoms with Crippen molar-refractivity contribution in [2.24, 2.45) is 0 Å². The predicted octanol–water partition coefficient (Wildman–Crippen LogP) is 4.42. The quantitative estimate of drug-likeness (QED) is 0.502. The molecule has 0 unspecified atom stereocenters. The van der Waals surface area contributed by atoms with Gasteiger partial charge in [0.25, 0.3) is 0 Å². The SMILES string of the molecule is CCC.COc1cc(OC)c(Cl)c(-c2cc3cnc(N)nc3c(NCCO)n2)c1Cl. The summed E-state index contributed by atoms with van der Waals surface area (Å²) in [5.41, 5.74) is 7.11.